The maximum Gasteiger partial charge on any atom is 0.251 e. The first-order chi connectivity index (χ1) is 13.3. The molecule has 2 rings (SSSR count). The van der Waals surface area contributed by atoms with Gasteiger partial charge in [-0.1, -0.05) is 18.2 Å². The van der Waals surface area contributed by atoms with Gasteiger partial charge in [-0.25, -0.2) is 12.7 Å². The van der Waals surface area contributed by atoms with Gasteiger partial charge in [-0.2, -0.15) is 0 Å². The number of anilines is 1. The number of benzene rings is 2. The van der Waals surface area contributed by atoms with Gasteiger partial charge in [-0.3, -0.25) is 4.79 Å². The molecule has 6 nitrogen and oxygen atoms in total. The number of nitrogens with one attached hydrogen (secondary N) is 1. The Hall–Kier alpha value is -1.90. The van der Waals surface area contributed by atoms with Crippen LogP contribution in [-0.4, -0.2) is 52.4 Å². The molecule has 0 heterocycles. The summed E-state index contributed by atoms with van der Waals surface area (Å²) >= 11 is 3.25. The number of amides is 1. The largest absolute Gasteiger partial charge is 0.372 e. The zero-order valence-electron chi connectivity index (χ0n) is 16.4. The fraction of sp³-hybridized carbons (Fsp3) is 0.350. The third kappa shape index (κ3) is 5.56. The standard InChI is InChI=1S/C20H26BrN3O3S/c1-4-24(17-9-6-5-7-10-17)14-8-13-22-20(25)16-11-12-18(21)19(15-16)28(26,27)23(2)3/h5-7,9-12,15H,4,8,13-14H2,1-3H3,(H,22,25). The third-order valence-corrected chi connectivity index (χ3v) is 7.15. The van der Waals surface area contributed by atoms with Crippen molar-refractivity contribution in [1.82, 2.24) is 9.62 Å². The molecule has 0 radical (unpaired) electrons. The number of carbonyl (C=O) groups excluding carboxylic acids is 1. The highest BCUT2D eigenvalue weighted by molar-refractivity contribution is 9.10. The van der Waals surface area contributed by atoms with Crippen LogP contribution in [0.5, 0.6) is 0 Å². The molecular formula is C20H26BrN3O3S. The molecule has 28 heavy (non-hydrogen) atoms. The topological polar surface area (TPSA) is 69.7 Å². The minimum Gasteiger partial charge on any atom is -0.372 e. The van der Waals surface area contributed by atoms with E-state index in [0.29, 0.717) is 16.6 Å². The van der Waals surface area contributed by atoms with E-state index in [-0.39, 0.29) is 10.8 Å². The van der Waals surface area contributed by atoms with Crippen molar-refractivity contribution in [3.8, 4) is 0 Å². The average molecular weight is 468 g/mol. The molecule has 0 aliphatic heterocycles. The van der Waals surface area contributed by atoms with Crippen LogP contribution in [0, 0.1) is 0 Å². The van der Waals surface area contributed by atoms with Crippen molar-refractivity contribution < 1.29 is 13.2 Å². The maximum absolute atomic E-state index is 12.4. The number of rotatable bonds is 9. The van der Waals surface area contributed by atoms with Crippen molar-refractivity contribution in [1.29, 1.82) is 0 Å². The molecule has 0 saturated carbocycles. The average Bonchev–Trinajstić information content (AvgIpc) is 2.68. The van der Waals surface area contributed by atoms with E-state index in [1.54, 1.807) is 12.1 Å². The summed E-state index contributed by atoms with van der Waals surface area (Å²) in [7, 11) is -0.716. The third-order valence-electron chi connectivity index (χ3n) is 4.35. The summed E-state index contributed by atoms with van der Waals surface area (Å²) in [5, 5.41) is 2.87. The quantitative estimate of drug-likeness (QED) is 0.574. The van der Waals surface area contributed by atoms with Crippen LogP contribution in [0.2, 0.25) is 0 Å². The van der Waals surface area contributed by atoms with Gasteiger partial charge >= 0.3 is 0 Å². The first-order valence-corrected chi connectivity index (χ1v) is 11.3. The number of nitrogens with zero attached hydrogens (tertiary/aromatic N) is 2. The molecule has 0 fully saturated rings. The normalized spacial score (nSPS) is 11.5. The predicted octanol–water partition coefficient (Wildman–Crippen LogP) is 3.35. The summed E-state index contributed by atoms with van der Waals surface area (Å²) in [5.41, 5.74) is 1.47. The molecule has 0 spiro atoms. The number of carbonyl (C=O) groups is 1. The van der Waals surface area contributed by atoms with Crippen molar-refractivity contribution in [2.24, 2.45) is 0 Å². The first-order valence-electron chi connectivity index (χ1n) is 9.07. The van der Waals surface area contributed by atoms with E-state index in [2.05, 4.69) is 45.2 Å². The van der Waals surface area contributed by atoms with Gasteiger partial charge in [-0.15, -0.1) is 0 Å². The van der Waals surface area contributed by atoms with Gasteiger partial charge in [0.05, 0.1) is 4.90 Å². The zero-order valence-corrected chi connectivity index (χ0v) is 18.8. The minimum absolute atomic E-state index is 0.0754. The van der Waals surface area contributed by atoms with Gasteiger partial charge in [0.2, 0.25) is 10.0 Å². The van der Waals surface area contributed by atoms with E-state index in [4.69, 9.17) is 0 Å². The van der Waals surface area contributed by atoms with Gasteiger partial charge in [0.25, 0.3) is 5.91 Å². The van der Waals surface area contributed by atoms with E-state index in [0.717, 1.165) is 29.5 Å². The number of hydrogen-bond acceptors (Lipinski definition) is 4. The molecule has 1 N–H and O–H groups in total. The van der Waals surface area contributed by atoms with Crippen LogP contribution in [0.25, 0.3) is 0 Å². The molecule has 2 aromatic rings. The Labute approximate surface area is 175 Å². The summed E-state index contributed by atoms with van der Waals surface area (Å²) in [5.74, 6) is -0.287. The SMILES string of the molecule is CCN(CCCNC(=O)c1ccc(Br)c(S(=O)(=O)N(C)C)c1)c1ccccc1. The monoisotopic (exact) mass is 467 g/mol. The molecule has 0 aromatic heterocycles. The molecule has 0 aliphatic carbocycles. The van der Waals surface area contributed by atoms with Crippen molar-refractivity contribution in [3.63, 3.8) is 0 Å². The van der Waals surface area contributed by atoms with Crippen LogP contribution in [-0.2, 0) is 10.0 Å². The highest BCUT2D eigenvalue weighted by atomic mass is 79.9. The summed E-state index contributed by atoms with van der Waals surface area (Å²) in [6, 6.07) is 14.7. The van der Waals surface area contributed by atoms with Gasteiger partial charge in [0, 0.05) is 49.5 Å². The molecule has 0 unspecified atom stereocenters. The molecule has 152 valence electrons. The Morgan fingerprint density at radius 1 is 1.11 bits per heavy atom. The van der Waals surface area contributed by atoms with E-state index in [9.17, 15) is 13.2 Å². The van der Waals surface area contributed by atoms with Crippen molar-refractivity contribution in [2.75, 3.05) is 38.6 Å². The number of para-hydroxylation sites is 1. The van der Waals surface area contributed by atoms with Gasteiger partial charge < -0.3 is 10.2 Å². The van der Waals surface area contributed by atoms with E-state index in [1.165, 1.54) is 20.2 Å². The van der Waals surface area contributed by atoms with Crippen LogP contribution in [0.1, 0.15) is 23.7 Å². The number of hydrogen-bond donors (Lipinski definition) is 1. The lowest BCUT2D eigenvalue weighted by molar-refractivity contribution is 0.0953. The minimum atomic E-state index is -3.63. The van der Waals surface area contributed by atoms with Crippen molar-refractivity contribution in [3.05, 3.63) is 58.6 Å². The highest BCUT2D eigenvalue weighted by Gasteiger charge is 2.22. The maximum atomic E-state index is 12.4. The molecule has 0 saturated heterocycles. The lowest BCUT2D eigenvalue weighted by atomic mass is 10.2. The van der Waals surface area contributed by atoms with Crippen molar-refractivity contribution in [2.45, 2.75) is 18.2 Å². The fourth-order valence-corrected chi connectivity index (χ4v) is 4.57. The van der Waals surface area contributed by atoms with Crippen LogP contribution >= 0.6 is 15.9 Å². The Morgan fingerprint density at radius 2 is 1.79 bits per heavy atom. The molecule has 2 aromatic carbocycles. The fourth-order valence-electron chi connectivity index (χ4n) is 2.72. The summed E-state index contributed by atoms with van der Waals surface area (Å²) in [4.78, 5) is 14.8. The van der Waals surface area contributed by atoms with E-state index in [1.807, 2.05) is 18.2 Å². The Bertz CT molecular complexity index is 902. The Balaban J connectivity index is 1.97. The van der Waals surface area contributed by atoms with E-state index < -0.39 is 10.0 Å². The number of halogens is 1. The summed E-state index contributed by atoms with van der Waals surface area (Å²) < 4.78 is 26.3. The molecule has 8 heteroatoms. The Morgan fingerprint density at radius 3 is 2.39 bits per heavy atom. The van der Waals surface area contributed by atoms with Gasteiger partial charge in [0.15, 0.2) is 0 Å². The lowest BCUT2D eigenvalue weighted by Gasteiger charge is -2.23. The second kappa shape index (κ2) is 10.0. The molecular weight excluding hydrogens is 442 g/mol. The van der Waals surface area contributed by atoms with Crippen LogP contribution in [0.3, 0.4) is 0 Å². The smallest absolute Gasteiger partial charge is 0.251 e. The summed E-state index contributed by atoms with van der Waals surface area (Å²) in [6.07, 6.45) is 0.786. The van der Waals surface area contributed by atoms with Crippen molar-refractivity contribution >= 4 is 37.5 Å². The van der Waals surface area contributed by atoms with Gasteiger partial charge in [-0.05, 0) is 59.6 Å². The van der Waals surface area contributed by atoms with Crippen LogP contribution < -0.4 is 10.2 Å². The lowest BCUT2D eigenvalue weighted by Crippen LogP contribution is -2.30. The highest BCUT2D eigenvalue weighted by Crippen LogP contribution is 2.25. The second-order valence-electron chi connectivity index (χ2n) is 6.46. The molecule has 1 amide bonds. The Kier molecular flexibility index (Phi) is 8.03. The van der Waals surface area contributed by atoms with E-state index >= 15 is 0 Å². The second-order valence-corrected chi connectivity index (χ2v) is 9.43. The van der Waals surface area contributed by atoms with Gasteiger partial charge in [0.1, 0.15) is 0 Å². The predicted molar refractivity (Wildman–Crippen MR) is 116 cm³/mol. The summed E-state index contributed by atoms with van der Waals surface area (Å²) in [6.45, 7) is 4.31. The first kappa shape index (κ1) is 22.4. The van der Waals surface area contributed by atoms with Crippen LogP contribution in [0.4, 0.5) is 5.69 Å². The number of sulfonamides is 1. The molecule has 0 atom stereocenters. The molecule has 0 bridgehead atoms. The van der Waals surface area contributed by atoms with Crippen LogP contribution in [0.15, 0.2) is 57.9 Å². The zero-order chi connectivity index (χ0) is 20.7. The molecule has 0 aliphatic rings.